The first-order chi connectivity index (χ1) is 18.9. The van der Waals surface area contributed by atoms with Crippen molar-refractivity contribution in [3.05, 3.63) is 47.4 Å². The number of carbonyl (C=O) groups excluding carboxylic acids is 3. The van der Waals surface area contributed by atoms with Crippen LogP contribution in [-0.2, 0) is 21.3 Å². The fraction of sp³-hybridized carbons (Fsp3) is 0.423. The summed E-state index contributed by atoms with van der Waals surface area (Å²) in [4.78, 5) is 45.5. The Morgan fingerprint density at radius 2 is 1.85 bits per heavy atom. The molecular weight excluding hydrogens is 540 g/mol. The molecule has 0 spiro atoms. The number of ether oxygens (including phenoxy) is 2. The van der Waals surface area contributed by atoms with Crippen LogP contribution in [0.15, 0.2) is 36.7 Å². The van der Waals surface area contributed by atoms with Gasteiger partial charge in [0.15, 0.2) is 11.5 Å². The first-order valence-electron chi connectivity index (χ1n) is 12.6. The molecule has 3 aromatic rings. The van der Waals surface area contributed by atoms with Crippen molar-refractivity contribution in [2.45, 2.75) is 58.3 Å². The average molecular weight is 571 g/mol. The van der Waals surface area contributed by atoms with Crippen LogP contribution in [0.2, 0.25) is 5.15 Å². The van der Waals surface area contributed by atoms with E-state index >= 15 is 0 Å². The van der Waals surface area contributed by atoms with Crippen molar-refractivity contribution in [3.8, 4) is 11.4 Å². The molecule has 3 N–H and O–H groups in total. The minimum Gasteiger partial charge on any atom is -0.444 e. The van der Waals surface area contributed by atoms with Crippen LogP contribution in [0, 0.1) is 5.92 Å². The average Bonchev–Trinajstić information content (AvgIpc) is 3.20. The van der Waals surface area contributed by atoms with Gasteiger partial charge in [0, 0.05) is 30.8 Å². The topological polar surface area (TPSA) is 162 Å². The molecule has 14 heteroatoms. The second-order valence-electron chi connectivity index (χ2n) is 10.4. The van der Waals surface area contributed by atoms with E-state index < -0.39 is 23.9 Å². The zero-order valence-corrected chi connectivity index (χ0v) is 23.5. The second-order valence-corrected chi connectivity index (χ2v) is 10.8. The maximum atomic E-state index is 12.6. The van der Waals surface area contributed by atoms with E-state index in [1.807, 2.05) is 0 Å². The van der Waals surface area contributed by atoms with Crippen LogP contribution < -0.4 is 16.0 Å². The molecule has 4 rings (SSSR count). The Morgan fingerprint density at radius 3 is 2.50 bits per heavy atom. The second kappa shape index (κ2) is 11.9. The summed E-state index contributed by atoms with van der Waals surface area (Å²) in [5.41, 5.74) is 1.23. The Kier molecular flexibility index (Phi) is 8.52. The lowest BCUT2D eigenvalue weighted by Crippen LogP contribution is -2.49. The third-order valence-electron chi connectivity index (χ3n) is 6.06. The number of aromatic nitrogens is 5. The quantitative estimate of drug-likeness (QED) is 0.348. The zero-order valence-electron chi connectivity index (χ0n) is 22.8. The molecule has 0 aromatic carbocycles. The SMILES string of the molecule is C[C@@H](OC(=O)Nc1c(-c2ccc(NC(=O)[C@H]3C[C@H](NC(=O)OC(C)(C)C)C3)cn2)nnn1C)c1cccnc1Cl. The van der Waals surface area contributed by atoms with E-state index in [1.165, 1.54) is 10.9 Å². The van der Waals surface area contributed by atoms with E-state index in [0.717, 1.165) is 0 Å². The lowest BCUT2D eigenvalue weighted by Gasteiger charge is -2.35. The Bertz CT molecular complexity index is 1380. The fourth-order valence-electron chi connectivity index (χ4n) is 4.00. The lowest BCUT2D eigenvalue weighted by molar-refractivity contribution is -0.123. The van der Waals surface area contributed by atoms with Gasteiger partial charge in [0.1, 0.15) is 16.9 Å². The molecule has 3 heterocycles. The third-order valence-corrected chi connectivity index (χ3v) is 6.38. The minimum atomic E-state index is -0.733. The van der Waals surface area contributed by atoms with Crippen LogP contribution in [0.25, 0.3) is 11.4 Å². The van der Waals surface area contributed by atoms with E-state index in [2.05, 4.69) is 36.2 Å². The molecule has 1 atom stereocenters. The Hall–Kier alpha value is -4.26. The summed E-state index contributed by atoms with van der Waals surface area (Å²) in [6.45, 7) is 7.06. The lowest BCUT2D eigenvalue weighted by atomic mass is 9.79. The molecule has 1 aliphatic carbocycles. The number of halogens is 1. The Balaban J connectivity index is 1.31. The first-order valence-corrected chi connectivity index (χ1v) is 13.0. The number of aryl methyl sites for hydroxylation is 1. The van der Waals surface area contributed by atoms with Crippen LogP contribution >= 0.6 is 11.6 Å². The molecule has 3 amide bonds. The van der Waals surface area contributed by atoms with Gasteiger partial charge in [-0.05, 0) is 58.7 Å². The number of carbonyl (C=O) groups is 3. The highest BCUT2D eigenvalue weighted by Crippen LogP contribution is 2.30. The molecule has 212 valence electrons. The third kappa shape index (κ3) is 7.23. The largest absolute Gasteiger partial charge is 0.444 e. The molecule has 1 fully saturated rings. The van der Waals surface area contributed by atoms with Gasteiger partial charge in [0.2, 0.25) is 5.91 Å². The highest BCUT2D eigenvalue weighted by atomic mass is 35.5. The number of nitrogens with one attached hydrogen (secondary N) is 3. The summed E-state index contributed by atoms with van der Waals surface area (Å²) in [7, 11) is 1.62. The molecule has 0 saturated heterocycles. The summed E-state index contributed by atoms with van der Waals surface area (Å²) in [6.07, 6.45) is 2.21. The van der Waals surface area contributed by atoms with Crippen molar-refractivity contribution in [2.75, 3.05) is 10.6 Å². The van der Waals surface area contributed by atoms with Gasteiger partial charge in [-0.25, -0.2) is 19.3 Å². The van der Waals surface area contributed by atoms with Gasteiger partial charge in [-0.3, -0.25) is 15.1 Å². The fourth-order valence-corrected chi connectivity index (χ4v) is 4.27. The van der Waals surface area contributed by atoms with Crippen LogP contribution in [-0.4, -0.2) is 54.7 Å². The zero-order chi connectivity index (χ0) is 29.0. The molecule has 40 heavy (non-hydrogen) atoms. The number of rotatable bonds is 7. The number of anilines is 2. The van der Waals surface area contributed by atoms with Crippen molar-refractivity contribution in [2.24, 2.45) is 13.0 Å². The van der Waals surface area contributed by atoms with E-state index in [0.29, 0.717) is 35.5 Å². The van der Waals surface area contributed by atoms with Gasteiger partial charge in [-0.15, -0.1) is 5.10 Å². The molecule has 0 aliphatic heterocycles. The summed E-state index contributed by atoms with van der Waals surface area (Å²) >= 11 is 6.09. The highest BCUT2D eigenvalue weighted by molar-refractivity contribution is 6.30. The van der Waals surface area contributed by atoms with Crippen LogP contribution in [0.4, 0.5) is 21.1 Å². The van der Waals surface area contributed by atoms with Gasteiger partial charge in [0.25, 0.3) is 0 Å². The number of hydrogen-bond donors (Lipinski definition) is 3. The van der Waals surface area contributed by atoms with Gasteiger partial charge in [0.05, 0.1) is 17.6 Å². The van der Waals surface area contributed by atoms with Crippen molar-refractivity contribution >= 4 is 41.2 Å². The predicted molar refractivity (Wildman–Crippen MR) is 147 cm³/mol. The van der Waals surface area contributed by atoms with E-state index in [-0.39, 0.29) is 28.8 Å². The summed E-state index contributed by atoms with van der Waals surface area (Å²) in [5, 5.41) is 16.6. The molecule has 3 aromatic heterocycles. The highest BCUT2D eigenvalue weighted by Gasteiger charge is 2.36. The monoisotopic (exact) mass is 570 g/mol. The number of amides is 3. The van der Waals surface area contributed by atoms with Crippen molar-refractivity contribution in [1.29, 1.82) is 0 Å². The van der Waals surface area contributed by atoms with Gasteiger partial charge < -0.3 is 20.1 Å². The molecule has 1 aliphatic rings. The maximum absolute atomic E-state index is 12.6. The molecule has 13 nitrogen and oxygen atoms in total. The summed E-state index contributed by atoms with van der Waals surface area (Å²) in [5.74, 6) is -0.119. The number of alkyl carbamates (subject to hydrolysis) is 1. The van der Waals surface area contributed by atoms with Crippen molar-refractivity contribution in [1.82, 2.24) is 30.3 Å². The van der Waals surface area contributed by atoms with E-state index in [9.17, 15) is 14.4 Å². The molecule has 1 saturated carbocycles. The van der Waals surface area contributed by atoms with Crippen LogP contribution in [0.1, 0.15) is 52.2 Å². The molecule has 0 bridgehead atoms. The Labute approximate surface area is 236 Å². The number of pyridine rings is 2. The smallest absolute Gasteiger partial charge is 0.413 e. The van der Waals surface area contributed by atoms with Gasteiger partial charge >= 0.3 is 12.2 Å². The molecule has 0 radical (unpaired) electrons. The van der Waals surface area contributed by atoms with Crippen LogP contribution in [0.3, 0.4) is 0 Å². The number of hydrogen-bond acceptors (Lipinski definition) is 9. The van der Waals surface area contributed by atoms with E-state index in [1.54, 1.807) is 65.2 Å². The molecule has 0 unspecified atom stereocenters. The summed E-state index contributed by atoms with van der Waals surface area (Å²) < 4.78 is 12.1. The maximum Gasteiger partial charge on any atom is 0.413 e. The van der Waals surface area contributed by atoms with Gasteiger partial charge in [-0.1, -0.05) is 22.9 Å². The van der Waals surface area contributed by atoms with Gasteiger partial charge in [-0.2, -0.15) is 0 Å². The predicted octanol–water partition coefficient (Wildman–Crippen LogP) is 4.48. The molecular formula is C26H31ClN8O5. The standard InChI is InChI=1S/C26H31ClN8O5/c1-14(18-7-6-10-28-21(18)27)39-24(37)32-22-20(33-34-35(22)5)19-9-8-16(13-29-19)30-23(36)15-11-17(12-15)31-25(38)40-26(2,3)4/h6-10,13-15,17H,11-12H2,1-5H3,(H,30,36)(H,31,38)(H,32,37)/t14-,15-,17-/m1/s1. The minimum absolute atomic E-state index is 0.107. The van der Waals surface area contributed by atoms with E-state index in [4.69, 9.17) is 21.1 Å². The van der Waals surface area contributed by atoms with Crippen LogP contribution in [0.5, 0.6) is 0 Å². The van der Waals surface area contributed by atoms with Crippen molar-refractivity contribution < 1.29 is 23.9 Å². The Morgan fingerprint density at radius 1 is 1.10 bits per heavy atom. The first kappa shape index (κ1) is 28.7. The summed E-state index contributed by atoms with van der Waals surface area (Å²) in [6, 6.07) is 6.65. The number of nitrogens with zero attached hydrogens (tertiary/aromatic N) is 5. The normalized spacial score (nSPS) is 17.2. The van der Waals surface area contributed by atoms with Crippen molar-refractivity contribution in [3.63, 3.8) is 0 Å².